The maximum absolute atomic E-state index is 11.5. The van der Waals surface area contributed by atoms with E-state index < -0.39 is 0 Å². The van der Waals surface area contributed by atoms with Crippen molar-refractivity contribution in [3.63, 3.8) is 0 Å². The van der Waals surface area contributed by atoms with Gasteiger partial charge in [-0.25, -0.2) is 0 Å². The van der Waals surface area contributed by atoms with Gasteiger partial charge in [0.25, 0.3) is 0 Å². The van der Waals surface area contributed by atoms with Gasteiger partial charge in [0.05, 0.1) is 13.2 Å². The highest BCUT2D eigenvalue weighted by Crippen LogP contribution is 2.26. The van der Waals surface area contributed by atoms with Gasteiger partial charge in [-0.3, -0.25) is 9.59 Å². The standard InChI is InChI=1S/C9H12O3/c10-8-2-1-6-4-12-5-7(3-8)9(6)11/h6-7H,1-5H2/t6-,7+/m1/s1. The average molecular weight is 168 g/mol. The first kappa shape index (κ1) is 7.92. The average Bonchev–Trinajstić information content (AvgIpc) is 2.17. The molecule has 66 valence electrons. The van der Waals surface area contributed by atoms with Gasteiger partial charge in [0, 0.05) is 24.7 Å². The summed E-state index contributed by atoms with van der Waals surface area (Å²) < 4.78 is 5.26. The van der Waals surface area contributed by atoms with E-state index in [1.165, 1.54) is 0 Å². The number of ether oxygens (including phenoxy) is 1. The molecule has 0 spiro atoms. The van der Waals surface area contributed by atoms with Crippen LogP contribution in [0.25, 0.3) is 0 Å². The summed E-state index contributed by atoms with van der Waals surface area (Å²) in [6, 6.07) is 0. The Morgan fingerprint density at radius 3 is 2.75 bits per heavy atom. The molecule has 0 radical (unpaired) electrons. The molecule has 3 nitrogen and oxygen atoms in total. The molecule has 12 heavy (non-hydrogen) atoms. The molecule has 1 aliphatic heterocycles. The molecule has 0 unspecified atom stereocenters. The fourth-order valence-corrected chi connectivity index (χ4v) is 1.95. The van der Waals surface area contributed by atoms with Crippen molar-refractivity contribution in [1.29, 1.82) is 0 Å². The largest absolute Gasteiger partial charge is 0.380 e. The summed E-state index contributed by atoms with van der Waals surface area (Å²) in [5.41, 5.74) is 0. The van der Waals surface area contributed by atoms with Crippen LogP contribution in [-0.2, 0) is 14.3 Å². The zero-order valence-electron chi connectivity index (χ0n) is 6.91. The van der Waals surface area contributed by atoms with Gasteiger partial charge in [-0.2, -0.15) is 0 Å². The Labute approximate surface area is 71.1 Å². The number of carbonyl (C=O) groups is 2. The van der Waals surface area contributed by atoms with E-state index in [9.17, 15) is 9.59 Å². The van der Waals surface area contributed by atoms with Crippen LogP contribution in [0.3, 0.4) is 0 Å². The number of rotatable bonds is 0. The SMILES string of the molecule is O=C1CC[C@@H]2COC[C@H](C1)C2=O. The second-order valence-corrected chi connectivity index (χ2v) is 3.62. The fraction of sp³-hybridized carbons (Fsp3) is 0.778. The molecule has 1 heterocycles. The summed E-state index contributed by atoms with van der Waals surface area (Å²) in [7, 11) is 0. The first-order chi connectivity index (χ1) is 5.77. The van der Waals surface area contributed by atoms with E-state index in [0.717, 1.165) is 0 Å². The molecule has 2 rings (SSSR count). The minimum Gasteiger partial charge on any atom is -0.380 e. The molecule has 0 aromatic rings. The molecule has 2 aliphatic rings. The Balaban J connectivity index is 2.18. The number of carbonyl (C=O) groups excluding carboxylic acids is 2. The molecule has 2 bridgehead atoms. The van der Waals surface area contributed by atoms with Gasteiger partial charge in [-0.1, -0.05) is 0 Å². The lowest BCUT2D eigenvalue weighted by Gasteiger charge is -2.24. The molecule has 0 N–H and O–H groups in total. The molecule has 0 aromatic carbocycles. The number of fused-ring (bicyclic) bond motifs is 2. The zero-order chi connectivity index (χ0) is 8.55. The quantitative estimate of drug-likeness (QED) is 0.531. The summed E-state index contributed by atoms with van der Waals surface area (Å²) in [5.74, 6) is 0.363. The third-order valence-electron chi connectivity index (χ3n) is 2.69. The van der Waals surface area contributed by atoms with Crippen LogP contribution in [0.1, 0.15) is 19.3 Å². The van der Waals surface area contributed by atoms with Gasteiger partial charge in [0.2, 0.25) is 0 Å². The van der Waals surface area contributed by atoms with Crippen molar-refractivity contribution in [1.82, 2.24) is 0 Å². The topological polar surface area (TPSA) is 43.4 Å². The molecule has 1 aliphatic carbocycles. The lowest BCUT2D eigenvalue weighted by molar-refractivity contribution is -0.137. The van der Waals surface area contributed by atoms with Crippen molar-refractivity contribution in [3.8, 4) is 0 Å². The van der Waals surface area contributed by atoms with E-state index in [2.05, 4.69) is 0 Å². The van der Waals surface area contributed by atoms with Gasteiger partial charge in [0.1, 0.15) is 11.6 Å². The zero-order valence-corrected chi connectivity index (χ0v) is 6.91. The second kappa shape index (κ2) is 2.98. The molecule has 3 heteroatoms. The summed E-state index contributed by atoms with van der Waals surface area (Å²) in [4.78, 5) is 22.7. The van der Waals surface area contributed by atoms with Crippen molar-refractivity contribution in [2.45, 2.75) is 19.3 Å². The van der Waals surface area contributed by atoms with Crippen LogP contribution in [0.5, 0.6) is 0 Å². The molecular weight excluding hydrogens is 156 g/mol. The normalized spacial score (nSPS) is 36.3. The predicted molar refractivity (Wildman–Crippen MR) is 41.7 cm³/mol. The summed E-state index contributed by atoms with van der Waals surface area (Å²) in [6.45, 7) is 0.990. The second-order valence-electron chi connectivity index (χ2n) is 3.62. The lowest BCUT2D eigenvalue weighted by Crippen LogP contribution is -2.34. The number of hydrogen-bond donors (Lipinski definition) is 0. The van der Waals surface area contributed by atoms with Crippen molar-refractivity contribution in [2.75, 3.05) is 13.2 Å². The van der Waals surface area contributed by atoms with Crippen molar-refractivity contribution in [3.05, 3.63) is 0 Å². The Morgan fingerprint density at radius 1 is 1.17 bits per heavy atom. The molecule has 1 saturated heterocycles. The Morgan fingerprint density at radius 2 is 1.92 bits per heavy atom. The van der Waals surface area contributed by atoms with Crippen LogP contribution in [0.4, 0.5) is 0 Å². The fourth-order valence-electron chi connectivity index (χ4n) is 1.95. The highest BCUT2D eigenvalue weighted by molar-refractivity contribution is 5.92. The smallest absolute Gasteiger partial charge is 0.144 e. The molecule has 0 amide bonds. The van der Waals surface area contributed by atoms with E-state index in [0.29, 0.717) is 32.5 Å². The van der Waals surface area contributed by atoms with Crippen molar-refractivity contribution < 1.29 is 14.3 Å². The van der Waals surface area contributed by atoms with Crippen molar-refractivity contribution in [2.24, 2.45) is 11.8 Å². The number of ketones is 2. The van der Waals surface area contributed by atoms with Crippen LogP contribution in [0.15, 0.2) is 0 Å². The van der Waals surface area contributed by atoms with Crippen LogP contribution in [0.2, 0.25) is 0 Å². The van der Waals surface area contributed by atoms with Gasteiger partial charge >= 0.3 is 0 Å². The van der Waals surface area contributed by atoms with Crippen LogP contribution in [-0.4, -0.2) is 24.8 Å². The maximum atomic E-state index is 11.5. The van der Waals surface area contributed by atoms with Gasteiger partial charge < -0.3 is 4.74 Å². The monoisotopic (exact) mass is 168 g/mol. The third kappa shape index (κ3) is 1.29. The maximum Gasteiger partial charge on any atom is 0.144 e. The van der Waals surface area contributed by atoms with E-state index in [4.69, 9.17) is 4.74 Å². The minimum atomic E-state index is -0.126. The summed E-state index contributed by atoms with van der Waals surface area (Å²) in [5, 5.41) is 0. The van der Waals surface area contributed by atoms with Gasteiger partial charge in [-0.15, -0.1) is 0 Å². The van der Waals surface area contributed by atoms with Crippen LogP contribution < -0.4 is 0 Å². The highest BCUT2D eigenvalue weighted by atomic mass is 16.5. The number of hydrogen-bond acceptors (Lipinski definition) is 3. The third-order valence-corrected chi connectivity index (χ3v) is 2.69. The molecule has 2 fully saturated rings. The first-order valence-corrected chi connectivity index (χ1v) is 4.40. The van der Waals surface area contributed by atoms with Crippen LogP contribution >= 0.6 is 0 Å². The summed E-state index contributed by atoms with van der Waals surface area (Å²) in [6.07, 6.45) is 1.68. The van der Waals surface area contributed by atoms with E-state index >= 15 is 0 Å². The van der Waals surface area contributed by atoms with Crippen LogP contribution in [0, 0.1) is 11.8 Å². The Hall–Kier alpha value is -0.700. The van der Waals surface area contributed by atoms with E-state index in [1.54, 1.807) is 0 Å². The predicted octanol–water partition coefficient (Wildman–Crippen LogP) is 0.571. The Bertz CT molecular complexity index is 222. The van der Waals surface area contributed by atoms with Gasteiger partial charge in [-0.05, 0) is 6.42 Å². The van der Waals surface area contributed by atoms with Crippen molar-refractivity contribution >= 4 is 11.6 Å². The van der Waals surface area contributed by atoms with Gasteiger partial charge in [0.15, 0.2) is 0 Å². The van der Waals surface area contributed by atoms with E-state index in [-0.39, 0.29) is 23.4 Å². The van der Waals surface area contributed by atoms with E-state index in [1.807, 2.05) is 0 Å². The summed E-state index contributed by atoms with van der Waals surface area (Å²) >= 11 is 0. The molecule has 1 saturated carbocycles. The minimum absolute atomic E-state index is 0.00944. The highest BCUT2D eigenvalue weighted by Gasteiger charge is 2.35. The molecular formula is C9H12O3. The molecule has 0 aromatic heterocycles. The molecule has 2 atom stereocenters. The number of Topliss-reactive ketones (excluding diaryl/α,β-unsaturated/α-hetero) is 2. The first-order valence-electron chi connectivity index (χ1n) is 4.40. The lowest BCUT2D eigenvalue weighted by atomic mass is 9.90. The Kier molecular flexibility index (Phi) is 1.97.